The maximum absolute atomic E-state index is 11.3. The zero-order chi connectivity index (χ0) is 10.8. The Morgan fingerprint density at radius 3 is 3.20 bits per heavy atom. The van der Waals surface area contributed by atoms with Gasteiger partial charge in [-0.1, -0.05) is 11.6 Å². The van der Waals surface area contributed by atoms with E-state index in [0.717, 1.165) is 0 Å². The van der Waals surface area contributed by atoms with E-state index in [0.29, 0.717) is 16.1 Å². The summed E-state index contributed by atoms with van der Waals surface area (Å²) < 4.78 is 0. The number of nitrogens with zero attached hydrogens (tertiary/aromatic N) is 4. The summed E-state index contributed by atoms with van der Waals surface area (Å²) in [5, 5.41) is 3.95. The van der Waals surface area contributed by atoms with Crippen LogP contribution in [0.25, 0.3) is 21.5 Å². The molecular formula is C8H4ClN5O. The van der Waals surface area contributed by atoms with E-state index in [1.807, 2.05) is 0 Å². The van der Waals surface area contributed by atoms with Crippen molar-refractivity contribution >= 4 is 28.5 Å². The Labute approximate surface area is 88.5 Å². The fourth-order valence-electron chi connectivity index (χ4n) is 1.25. The molecule has 0 fully saturated rings. The molecule has 0 unspecified atom stereocenters. The number of carbonyl (C=O) groups excluding carboxylic acids is 1. The van der Waals surface area contributed by atoms with E-state index in [9.17, 15) is 4.79 Å². The number of aromatic nitrogens is 2. The summed E-state index contributed by atoms with van der Waals surface area (Å²) in [5.41, 5.74) is 8.93. The number of H-pyrrole nitrogens is 1. The summed E-state index contributed by atoms with van der Waals surface area (Å²) in [4.78, 5) is 20.5. The van der Waals surface area contributed by atoms with Crippen molar-refractivity contribution in [2.75, 3.05) is 0 Å². The van der Waals surface area contributed by atoms with E-state index in [1.54, 1.807) is 6.07 Å². The number of nitrogens with one attached hydrogen (secondary N) is 1. The summed E-state index contributed by atoms with van der Waals surface area (Å²) in [6.45, 7) is 0. The summed E-state index contributed by atoms with van der Waals surface area (Å²) in [7, 11) is 0. The second kappa shape index (κ2) is 3.61. The van der Waals surface area contributed by atoms with Gasteiger partial charge in [0.05, 0.1) is 10.6 Å². The van der Waals surface area contributed by atoms with Gasteiger partial charge < -0.3 is 4.98 Å². The number of amides is 1. The van der Waals surface area contributed by atoms with Crippen LogP contribution in [0, 0.1) is 0 Å². The minimum Gasteiger partial charge on any atom is -0.345 e. The van der Waals surface area contributed by atoms with Crippen molar-refractivity contribution in [2.24, 2.45) is 5.11 Å². The molecule has 0 saturated heterocycles. The lowest BCUT2D eigenvalue weighted by atomic mass is 10.2. The van der Waals surface area contributed by atoms with Crippen LogP contribution in [0.1, 0.15) is 10.4 Å². The topological polar surface area (TPSA) is 94.5 Å². The van der Waals surface area contributed by atoms with Crippen LogP contribution in [0.15, 0.2) is 23.6 Å². The Morgan fingerprint density at radius 1 is 1.67 bits per heavy atom. The predicted octanol–water partition coefficient (Wildman–Crippen LogP) is 2.67. The third-order valence-corrected chi connectivity index (χ3v) is 2.07. The van der Waals surface area contributed by atoms with E-state index in [-0.39, 0.29) is 5.56 Å². The number of halogens is 1. The molecule has 0 radical (unpaired) electrons. The molecule has 74 valence electrons. The van der Waals surface area contributed by atoms with Gasteiger partial charge in [0.1, 0.15) is 5.65 Å². The average molecular weight is 222 g/mol. The van der Waals surface area contributed by atoms with Crippen molar-refractivity contribution in [1.29, 1.82) is 0 Å². The van der Waals surface area contributed by atoms with Gasteiger partial charge in [-0.15, -0.1) is 0 Å². The van der Waals surface area contributed by atoms with Crippen molar-refractivity contribution in [3.63, 3.8) is 0 Å². The monoisotopic (exact) mass is 221 g/mol. The molecule has 7 heteroatoms. The fourth-order valence-corrected chi connectivity index (χ4v) is 1.41. The molecule has 15 heavy (non-hydrogen) atoms. The Morgan fingerprint density at radius 2 is 2.47 bits per heavy atom. The third-order valence-electron chi connectivity index (χ3n) is 1.86. The first kappa shape index (κ1) is 9.51. The number of rotatable bonds is 1. The van der Waals surface area contributed by atoms with Crippen molar-refractivity contribution in [3.05, 3.63) is 39.5 Å². The van der Waals surface area contributed by atoms with E-state index < -0.39 is 5.91 Å². The first-order valence-corrected chi connectivity index (χ1v) is 4.32. The molecule has 2 rings (SSSR count). The molecule has 0 aliphatic rings. The first-order valence-electron chi connectivity index (χ1n) is 3.94. The average Bonchev–Trinajstić information content (AvgIpc) is 2.60. The van der Waals surface area contributed by atoms with Gasteiger partial charge in [-0.3, -0.25) is 4.79 Å². The van der Waals surface area contributed by atoms with Gasteiger partial charge in [-0.05, 0) is 16.7 Å². The van der Waals surface area contributed by atoms with E-state index in [1.165, 1.54) is 12.4 Å². The van der Waals surface area contributed by atoms with Crippen molar-refractivity contribution < 1.29 is 4.79 Å². The Balaban J connectivity index is 2.66. The highest BCUT2D eigenvalue weighted by Gasteiger charge is 2.11. The lowest BCUT2D eigenvalue weighted by Crippen LogP contribution is -1.90. The number of aromatic amines is 1. The number of hydrogen-bond donors (Lipinski definition) is 1. The molecule has 2 aromatic rings. The molecule has 1 amide bonds. The molecule has 0 saturated carbocycles. The van der Waals surface area contributed by atoms with Crippen LogP contribution in [-0.2, 0) is 0 Å². The number of carbonyl (C=O) groups is 1. The number of hydrogen-bond acceptors (Lipinski definition) is 2. The van der Waals surface area contributed by atoms with Crippen LogP contribution in [-0.4, -0.2) is 15.9 Å². The highest BCUT2D eigenvalue weighted by molar-refractivity contribution is 6.31. The number of azide groups is 1. The highest BCUT2D eigenvalue weighted by atomic mass is 35.5. The predicted molar refractivity (Wildman–Crippen MR) is 54.6 cm³/mol. The molecule has 0 aliphatic carbocycles. The molecule has 0 spiro atoms. The Hall–Kier alpha value is -2.04. The molecule has 2 heterocycles. The molecule has 6 nitrogen and oxygen atoms in total. The van der Waals surface area contributed by atoms with Gasteiger partial charge >= 0.3 is 0 Å². The van der Waals surface area contributed by atoms with Crippen molar-refractivity contribution in [2.45, 2.75) is 0 Å². The summed E-state index contributed by atoms with van der Waals surface area (Å²) in [5.74, 6) is -0.659. The largest absolute Gasteiger partial charge is 0.345 e. The molecule has 0 atom stereocenters. The van der Waals surface area contributed by atoms with Gasteiger partial charge in [0.15, 0.2) is 0 Å². The van der Waals surface area contributed by atoms with Crippen LogP contribution < -0.4 is 0 Å². The van der Waals surface area contributed by atoms with Crippen molar-refractivity contribution in [3.8, 4) is 0 Å². The minimum atomic E-state index is -0.659. The summed E-state index contributed by atoms with van der Waals surface area (Å²) >= 11 is 5.74. The fraction of sp³-hybridized carbons (Fsp3) is 0. The smallest absolute Gasteiger partial charge is 0.251 e. The zero-order valence-electron chi connectivity index (χ0n) is 7.31. The normalized spacial score (nSPS) is 9.93. The van der Waals surface area contributed by atoms with Crippen LogP contribution in [0.3, 0.4) is 0 Å². The molecule has 0 aromatic carbocycles. The molecule has 1 N–H and O–H groups in total. The molecular weight excluding hydrogens is 218 g/mol. The quantitative estimate of drug-likeness (QED) is 0.455. The first-order chi connectivity index (χ1) is 7.22. The van der Waals surface area contributed by atoms with E-state index in [2.05, 4.69) is 20.0 Å². The van der Waals surface area contributed by atoms with Crippen LogP contribution in [0.4, 0.5) is 0 Å². The maximum Gasteiger partial charge on any atom is 0.251 e. The van der Waals surface area contributed by atoms with Crippen LogP contribution in [0.5, 0.6) is 0 Å². The second-order valence-corrected chi connectivity index (χ2v) is 3.18. The van der Waals surface area contributed by atoms with E-state index in [4.69, 9.17) is 17.1 Å². The third kappa shape index (κ3) is 1.63. The van der Waals surface area contributed by atoms with Crippen LogP contribution in [0.2, 0.25) is 5.02 Å². The standard InChI is InChI=1S/C8H4ClN5O/c9-4-1-5-6(8(15)13-14-10)3-12-7(5)11-2-4/h1-3H,(H,11,12). The zero-order valence-corrected chi connectivity index (χ0v) is 8.06. The lowest BCUT2D eigenvalue weighted by Gasteiger charge is -1.92. The van der Waals surface area contributed by atoms with Gasteiger partial charge in [0.25, 0.3) is 5.91 Å². The Kier molecular flexibility index (Phi) is 2.29. The second-order valence-electron chi connectivity index (χ2n) is 2.75. The van der Waals surface area contributed by atoms with Gasteiger partial charge in [-0.2, -0.15) is 0 Å². The van der Waals surface area contributed by atoms with Gasteiger partial charge in [-0.25, -0.2) is 4.98 Å². The molecule has 0 bridgehead atoms. The Bertz CT molecular complexity index is 584. The SMILES string of the molecule is [N-]=[N+]=NC(=O)c1c[nH]c2ncc(Cl)cc12. The number of fused-ring (bicyclic) bond motifs is 1. The highest BCUT2D eigenvalue weighted by Crippen LogP contribution is 2.20. The summed E-state index contributed by atoms with van der Waals surface area (Å²) in [6.07, 6.45) is 2.90. The van der Waals surface area contributed by atoms with Crippen molar-refractivity contribution in [1.82, 2.24) is 9.97 Å². The maximum atomic E-state index is 11.3. The molecule has 2 aromatic heterocycles. The van der Waals surface area contributed by atoms with E-state index >= 15 is 0 Å². The number of pyridine rings is 1. The minimum absolute atomic E-state index is 0.262. The molecule has 0 aliphatic heterocycles. The van der Waals surface area contributed by atoms with Gasteiger partial charge in [0, 0.05) is 22.7 Å². The lowest BCUT2D eigenvalue weighted by molar-refractivity contribution is 0.100. The summed E-state index contributed by atoms with van der Waals surface area (Å²) in [6, 6.07) is 1.58. The van der Waals surface area contributed by atoms with Crippen LogP contribution >= 0.6 is 11.6 Å². The van der Waals surface area contributed by atoms with Gasteiger partial charge in [0.2, 0.25) is 0 Å².